The van der Waals surface area contributed by atoms with Crippen LogP contribution in [-0.2, 0) is 0 Å². The number of carbonyl (C=O) groups is 1. The molecule has 0 aromatic heterocycles. The van der Waals surface area contributed by atoms with Crippen LogP contribution in [0.4, 0.5) is 0 Å². The summed E-state index contributed by atoms with van der Waals surface area (Å²) in [7, 11) is 0. The minimum absolute atomic E-state index is 0.0416. The van der Waals surface area contributed by atoms with Gasteiger partial charge in [0.1, 0.15) is 11.5 Å². The van der Waals surface area contributed by atoms with Gasteiger partial charge in [0.25, 0.3) is 0 Å². The SMILES string of the molecule is N#CCCC(=O)c1cccc(Oc2ccccc2)c1. The fraction of sp³-hybridized carbons (Fsp3) is 0.125. The summed E-state index contributed by atoms with van der Waals surface area (Å²) in [6.45, 7) is 0. The summed E-state index contributed by atoms with van der Waals surface area (Å²) in [5, 5.41) is 8.48. The van der Waals surface area contributed by atoms with Crippen molar-refractivity contribution in [1.82, 2.24) is 0 Å². The third kappa shape index (κ3) is 3.68. The minimum atomic E-state index is -0.0416. The van der Waals surface area contributed by atoms with Crippen LogP contribution in [0.1, 0.15) is 23.2 Å². The Balaban J connectivity index is 2.11. The van der Waals surface area contributed by atoms with Crippen molar-refractivity contribution in [3.63, 3.8) is 0 Å². The van der Waals surface area contributed by atoms with Crippen LogP contribution in [0.15, 0.2) is 54.6 Å². The predicted molar refractivity (Wildman–Crippen MR) is 72.1 cm³/mol. The van der Waals surface area contributed by atoms with Gasteiger partial charge in [0.15, 0.2) is 5.78 Å². The van der Waals surface area contributed by atoms with Crippen molar-refractivity contribution >= 4 is 5.78 Å². The van der Waals surface area contributed by atoms with Crippen molar-refractivity contribution in [2.75, 3.05) is 0 Å². The van der Waals surface area contributed by atoms with Gasteiger partial charge in [-0.2, -0.15) is 5.26 Å². The molecule has 2 aromatic carbocycles. The number of ether oxygens (including phenoxy) is 1. The molecule has 0 bridgehead atoms. The highest BCUT2D eigenvalue weighted by Crippen LogP contribution is 2.22. The zero-order valence-electron chi connectivity index (χ0n) is 10.4. The molecule has 2 rings (SSSR count). The Morgan fingerprint density at radius 1 is 1.05 bits per heavy atom. The van der Waals surface area contributed by atoms with E-state index in [9.17, 15) is 4.79 Å². The first kappa shape index (κ1) is 12.8. The molecule has 0 N–H and O–H groups in total. The predicted octanol–water partition coefficient (Wildman–Crippen LogP) is 3.97. The molecule has 0 atom stereocenters. The van der Waals surface area contributed by atoms with E-state index in [1.807, 2.05) is 36.4 Å². The lowest BCUT2D eigenvalue weighted by atomic mass is 10.1. The third-order valence-electron chi connectivity index (χ3n) is 2.60. The molecule has 0 radical (unpaired) electrons. The largest absolute Gasteiger partial charge is 0.457 e. The summed E-state index contributed by atoms with van der Waals surface area (Å²) in [4.78, 5) is 11.8. The van der Waals surface area contributed by atoms with Crippen LogP contribution in [0, 0.1) is 11.3 Å². The smallest absolute Gasteiger partial charge is 0.164 e. The summed E-state index contributed by atoms with van der Waals surface area (Å²) in [6.07, 6.45) is 0.480. The fourth-order valence-corrected chi connectivity index (χ4v) is 1.67. The lowest BCUT2D eigenvalue weighted by molar-refractivity contribution is 0.0984. The number of nitrogens with zero attached hydrogens (tertiary/aromatic N) is 1. The van der Waals surface area contributed by atoms with Gasteiger partial charge in [-0.25, -0.2) is 0 Å². The van der Waals surface area contributed by atoms with Gasteiger partial charge < -0.3 is 4.74 Å². The van der Waals surface area contributed by atoms with Crippen molar-refractivity contribution < 1.29 is 9.53 Å². The van der Waals surface area contributed by atoms with E-state index in [0.717, 1.165) is 5.75 Å². The lowest BCUT2D eigenvalue weighted by Crippen LogP contribution is -1.98. The summed E-state index contributed by atoms with van der Waals surface area (Å²) < 4.78 is 5.66. The molecule has 0 aliphatic carbocycles. The highest BCUT2D eigenvalue weighted by atomic mass is 16.5. The molecule has 0 unspecified atom stereocenters. The average molecular weight is 251 g/mol. The van der Waals surface area contributed by atoms with Gasteiger partial charge in [-0.1, -0.05) is 30.3 Å². The first-order valence-electron chi connectivity index (χ1n) is 6.03. The molecule has 0 heterocycles. The molecular weight excluding hydrogens is 238 g/mol. The van der Waals surface area contributed by atoms with Crippen LogP contribution in [0.25, 0.3) is 0 Å². The van der Waals surface area contributed by atoms with Crippen LogP contribution in [-0.4, -0.2) is 5.78 Å². The quantitative estimate of drug-likeness (QED) is 0.755. The number of nitriles is 1. The third-order valence-corrected chi connectivity index (χ3v) is 2.60. The van der Waals surface area contributed by atoms with Crippen LogP contribution in [0.5, 0.6) is 11.5 Å². The Bertz CT molecular complexity index is 600. The van der Waals surface area contributed by atoms with Crippen molar-refractivity contribution in [1.29, 1.82) is 5.26 Å². The second kappa shape index (κ2) is 6.36. The molecule has 3 heteroatoms. The molecule has 0 saturated heterocycles. The number of hydrogen-bond donors (Lipinski definition) is 0. The minimum Gasteiger partial charge on any atom is -0.457 e. The zero-order valence-corrected chi connectivity index (χ0v) is 10.4. The number of Topliss-reactive ketones (excluding diaryl/α,β-unsaturated/α-hetero) is 1. The van der Waals surface area contributed by atoms with Gasteiger partial charge in [0.2, 0.25) is 0 Å². The maximum absolute atomic E-state index is 11.8. The van der Waals surface area contributed by atoms with Gasteiger partial charge in [0, 0.05) is 18.4 Å². The number of benzene rings is 2. The summed E-state index contributed by atoms with van der Waals surface area (Å²) >= 11 is 0. The van der Waals surface area contributed by atoms with Gasteiger partial charge in [-0.3, -0.25) is 4.79 Å². The summed E-state index contributed by atoms with van der Waals surface area (Å²) in [6, 6.07) is 18.4. The second-order valence-electron chi connectivity index (χ2n) is 4.02. The summed E-state index contributed by atoms with van der Waals surface area (Å²) in [5.41, 5.74) is 0.573. The van der Waals surface area contributed by atoms with E-state index in [4.69, 9.17) is 10.00 Å². The molecule has 94 valence electrons. The molecule has 0 spiro atoms. The highest BCUT2D eigenvalue weighted by molar-refractivity contribution is 5.96. The van der Waals surface area contributed by atoms with Crippen LogP contribution in [0.2, 0.25) is 0 Å². The van der Waals surface area contributed by atoms with E-state index in [1.165, 1.54) is 0 Å². The van der Waals surface area contributed by atoms with Gasteiger partial charge in [-0.15, -0.1) is 0 Å². The molecule has 0 amide bonds. The van der Waals surface area contributed by atoms with Crippen LogP contribution in [0.3, 0.4) is 0 Å². The standard InChI is InChI=1S/C16H13NO2/c17-11-5-10-16(18)13-6-4-9-15(12-13)19-14-7-2-1-3-8-14/h1-4,6-9,12H,5,10H2. The van der Waals surface area contributed by atoms with E-state index < -0.39 is 0 Å². The van der Waals surface area contributed by atoms with E-state index in [-0.39, 0.29) is 18.6 Å². The highest BCUT2D eigenvalue weighted by Gasteiger charge is 2.06. The van der Waals surface area contributed by atoms with Crippen molar-refractivity contribution in [2.45, 2.75) is 12.8 Å². The number of hydrogen-bond acceptors (Lipinski definition) is 3. The van der Waals surface area contributed by atoms with Gasteiger partial charge in [0.05, 0.1) is 6.07 Å². The molecule has 0 fully saturated rings. The Kier molecular flexibility index (Phi) is 4.30. The van der Waals surface area contributed by atoms with Crippen molar-refractivity contribution in [3.05, 3.63) is 60.2 Å². The van der Waals surface area contributed by atoms with Gasteiger partial charge >= 0.3 is 0 Å². The second-order valence-corrected chi connectivity index (χ2v) is 4.02. The molecule has 0 aliphatic heterocycles. The first-order valence-corrected chi connectivity index (χ1v) is 6.03. The normalized spacial score (nSPS) is 9.63. The van der Waals surface area contributed by atoms with E-state index in [0.29, 0.717) is 11.3 Å². The molecule has 0 aliphatic rings. The van der Waals surface area contributed by atoms with Crippen LogP contribution < -0.4 is 4.74 Å². The molecule has 0 saturated carbocycles. The maximum Gasteiger partial charge on any atom is 0.164 e. The lowest BCUT2D eigenvalue weighted by Gasteiger charge is -2.06. The van der Waals surface area contributed by atoms with E-state index >= 15 is 0 Å². The molecule has 3 nitrogen and oxygen atoms in total. The maximum atomic E-state index is 11.8. The topological polar surface area (TPSA) is 50.1 Å². The number of rotatable bonds is 5. The Morgan fingerprint density at radius 2 is 1.79 bits per heavy atom. The molecule has 2 aromatic rings. The monoisotopic (exact) mass is 251 g/mol. The molecule has 19 heavy (non-hydrogen) atoms. The van der Waals surface area contributed by atoms with Crippen LogP contribution >= 0.6 is 0 Å². The fourth-order valence-electron chi connectivity index (χ4n) is 1.67. The van der Waals surface area contributed by atoms with E-state index in [1.54, 1.807) is 24.3 Å². The Labute approximate surface area is 112 Å². The van der Waals surface area contributed by atoms with Crippen molar-refractivity contribution in [3.8, 4) is 17.6 Å². The number of carbonyl (C=O) groups excluding carboxylic acids is 1. The number of para-hydroxylation sites is 1. The zero-order chi connectivity index (χ0) is 13.5. The molecular formula is C16H13NO2. The average Bonchev–Trinajstić information content (AvgIpc) is 2.46. The first-order chi connectivity index (χ1) is 9.29. The van der Waals surface area contributed by atoms with Gasteiger partial charge in [-0.05, 0) is 24.3 Å². The number of ketones is 1. The summed E-state index contributed by atoms with van der Waals surface area (Å²) in [5.74, 6) is 1.30. The Hall–Kier alpha value is -2.60. The van der Waals surface area contributed by atoms with E-state index in [2.05, 4.69) is 0 Å². The van der Waals surface area contributed by atoms with Crippen molar-refractivity contribution in [2.24, 2.45) is 0 Å². The Morgan fingerprint density at radius 3 is 2.53 bits per heavy atom.